The third-order valence-electron chi connectivity index (χ3n) is 4.33. The number of benzene rings is 1. The maximum Gasteiger partial charge on any atom is 0.233 e. The Labute approximate surface area is 150 Å². The summed E-state index contributed by atoms with van der Waals surface area (Å²) in [5, 5.41) is 0.699. The lowest BCUT2D eigenvalue weighted by Crippen LogP contribution is -2.42. The molecule has 1 fully saturated rings. The molecule has 0 aliphatic heterocycles. The van der Waals surface area contributed by atoms with Gasteiger partial charge in [-0.2, -0.15) is 0 Å². The molecule has 1 aliphatic carbocycles. The molecule has 0 unspecified atom stereocenters. The maximum absolute atomic E-state index is 12.6. The minimum absolute atomic E-state index is 0.238. The van der Waals surface area contributed by atoms with Gasteiger partial charge in [0.15, 0.2) is 4.34 Å². The lowest BCUT2D eigenvalue weighted by Gasteiger charge is -2.33. The van der Waals surface area contributed by atoms with Crippen molar-refractivity contribution in [3.05, 3.63) is 23.2 Å². The van der Waals surface area contributed by atoms with Crippen LogP contribution in [-0.2, 0) is 4.79 Å². The second kappa shape index (κ2) is 7.86. The molecule has 0 saturated heterocycles. The molecule has 2 aromatic rings. The van der Waals surface area contributed by atoms with Crippen LogP contribution >= 0.6 is 34.7 Å². The lowest BCUT2D eigenvalue weighted by molar-refractivity contribution is -0.131. The highest BCUT2D eigenvalue weighted by molar-refractivity contribution is 8.01. The van der Waals surface area contributed by atoms with E-state index < -0.39 is 0 Å². The number of thioether (sulfide) groups is 1. The minimum atomic E-state index is 0.238. The highest BCUT2D eigenvalue weighted by Gasteiger charge is 2.24. The number of hydrogen-bond acceptors (Lipinski definition) is 4. The topological polar surface area (TPSA) is 33.2 Å². The van der Waals surface area contributed by atoms with Crippen molar-refractivity contribution < 1.29 is 4.79 Å². The fraction of sp³-hybridized carbons (Fsp3) is 0.529. The molecule has 1 aromatic carbocycles. The zero-order valence-electron chi connectivity index (χ0n) is 13.3. The highest BCUT2D eigenvalue weighted by Crippen LogP contribution is 2.31. The van der Waals surface area contributed by atoms with Gasteiger partial charge in [0, 0.05) is 17.6 Å². The normalized spacial score (nSPS) is 15.9. The summed E-state index contributed by atoms with van der Waals surface area (Å²) >= 11 is 9.17. The zero-order chi connectivity index (χ0) is 16.2. The van der Waals surface area contributed by atoms with Crippen LogP contribution in [0.1, 0.15) is 39.0 Å². The van der Waals surface area contributed by atoms with Gasteiger partial charge in [-0.15, -0.1) is 11.3 Å². The van der Waals surface area contributed by atoms with Gasteiger partial charge in [-0.3, -0.25) is 4.79 Å². The average Bonchev–Trinajstić information content (AvgIpc) is 2.96. The quantitative estimate of drug-likeness (QED) is 0.678. The molecule has 23 heavy (non-hydrogen) atoms. The monoisotopic (exact) mass is 368 g/mol. The molecular formula is C17H21ClN2OS2. The van der Waals surface area contributed by atoms with Gasteiger partial charge in [-0.05, 0) is 38.0 Å². The van der Waals surface area contributed by atoms with Crippen molar-refractivity contribution in [2.24, 2.45) is 0 Å². The molecule has 0 spiro atoms. The molecular weight excluding hydrogens is 348 g/mol. The molecule has 3 rings (SSSR count). The summed E-state index contributed by atoms with van der Waals surface area (Å²) in [4.78, 5) is 19.2. The molecule has 1 aliphatic rings. The van der Waals surface area contributed by atoms with Crippen LogP contribution in [0.4, 0.5) is 0 Å². The molecule has 0 N–H and O–H groups in total. The van der Waals surface area contributed by atoms with E-state index in [0.717, 1.165) is 33.9 Å². The predicted molar refractivity (Wildman–Crippen MR) is 99.6 cm³/mol. The van der Waals surface area contributed by atoms with Crippen LogP contribution in [0.25, 0.3) is 10.2 Å². The molecule has 3 nitrogen and oxygen atoms in total. The molecule has 6 heteroatoms. The molecule has 124 valence electrons. The number of fused-ring (bicyclic) bond motifs is 1. The van der Waals surface area contributed by atoms with E-state index in [1.54, 1.807) is 23.1 Å². The number of amides is 1. The van der Waals surface area contributed by atoms with Crippen molar-refractivity contribution in [1.82, 2.24) is 9.88 Å². The first-order chi connectivity index (χ1) is 11.2. The largest absolute Gasteiger partial charge is 0.339 e. The Morgan fingerprint density at radius 2 is 2.17 bits per heavy atom. The smallest absolute Gasteiger partial charge is 0.233 e. The van der Waals surface area contributed by atoms with Gasteiger partial charge in [0.1, 0.15) is 0 Å². The summed E-state index contributed by atoms with van der Waals surface area (Å²) in [5.41, 5.74) is 0.914. The number of aromatic nitrogens is 1. The van der Waals surface area contributed by atoms with Crippen molar-refractivity contribution in [3.8, 4) is 0 Å². The molecule has 1 amide bonds. The maximum atomic E-state index is 12.6. The van der Waals surface area contributed by atoms with E-state index in [1.165, 1.54) is 19.3 Å². The first kappa shape index (κ1) is 17.1. The molecule has 1 aromatic heterocycles. The standard InChI is InChI=1S/C17H21ClN2OS2/c1-2-20(13-6-4-3-5-7-13)16(21)11-22-17-19-14-10-12(18)8-9-15(14)23-17/h8-10,13H,2-7,11H2,1H3. The number of nitrogens with zero attached hydrogens (tertiary/aromatic N) is 2. The van der Waals surface area contributed by atoms with E-state index in [-0.39, 0.29) is 5.91 Å². The van der Waals surface area contributed by atoms with Crippen LogP contribution in [0.15, 0.2) is 22.5 Å². The summed E-state index contributed by atoms with van der Waals surface area (Å²) in [6.07, 6.45) is 6.12. The van der Waals surface area contributed by atoms with Crippen molar-refractivity contribution >= 4 is 50.8 Å². The van der Waals surface area contributed by atoms with Crippen LogP contribution in [0.5, 0.6) is 0 Å². The van der Waals surface area contributed by atoms with Crippen LogP contribution in [0.3, 0.4) is 0 Å². The summed E-state index contributed by atoms with van der Waals surface area (Å²) in [7, 11) is 0. The van der Waals surface area contributed by atoms with Gasteiger partial charge in [0.05, 0.1) is 16.0 Å². The fourth-order valence-corrected chi connectivity index (χ4v) is 5.28. The summed E-state index contributed by atoms with van der Waals surface area (Å²) in [5.74, 6) is 0.708. The number of rotatable bonds is 5. The minimum Gasteiger partial charge on any atom is -0.339 e. The predicted octanol–water partition coefficient (Wildman–Crippen LogP) is 5.22. The molecule has 1 saturated carbocycles. The summed E-state index contributed by atoms with van der Waals surface area (Å²) in [6, 6.07) is 6.18. The van der Waals surface area contributed by atoms with E-state index in [9.17, 15) is 4.79 Å². The van der Waals surface area contributed by atoms with E-state index in [1.807, 2.05) is 18.2 Å². The Morgan fingerprint density at radius 1 is 1.39 bits per heavy atom. The lowest BCUT2D eigenvalue weighted by atomic mass is 9.94. The van der Waals surface area contributed by atoms with Crippen LogP contribution in [-0.4, -0.2) is 34.1 Å². The van der Waals surface area contributed by atoms with Crippen LogP contribution in [0, 0.1) is 0 Å². The van der Waals surface area contributed by atoms with Gasteiger partial charge in [-0.1, -0.05) is 42.6 Å². The van der Waals surface area contributed by atoms with E-state index >= 15 is 0 Å². The highest BCUT2D eigenvalue weighted by atomic mass is 35.5. The number of hydrogen-bond donors (Lipinski definition) is 0. The molecule has 0 bridgehead atoms. The second-order valence-corrected chi connectivity index (χ2v) is 8.54. The molecule has 0 atom stereocenters. The van der Waals surface area contributed by atoms with Gasteiger partial charge in [0.2, 0.25) is 5.91 Å². The van der Waals surface area contributed by atoms with E-state index in [4.69, 9.17) is 11.6 Å². The van der Waals surface area contributed by atoms with Crippen molar-refractivity contribution in [2.75, 3.05) is 12.3 Å². The summed E-state index contributed by atoms with van der Waals surface area (Å²) in [6.45, 7) is 2.89. The number of carbonyl (C=O) groups is 1. The van der Waals surface area contributed by atoms with Gasteiger partial charge in [-0.25, -0.2) is 4.98 Å². The van der Waals surface area contributed by atoms with Gasteiger partial charge >= 0.3 is 0 Å². The van der Waals surface area contributed by atoms with Crippen molar-refractivity contribution in [2.45, 2.75) is 49.4 Å². The number of thiazole rings is 1. The van der Waals surface area contributed by atoms with E-state index in [2.05, 4.69) is 16.8 Å². The zero-order valence-corrected chi connectivity index (χ0v) is 15.6. The third-order valence-corrected chi connectivity index (χ3v) is 6.72. The Kier molecular flexibility index (Phi) is 5.83. The number of carbonyl (C=O) groups excluding carboxylic acids is 1. The Bertz CT molecular complexity index is 682. The average molecular weight is 369 g/mol. The van der Waals surface area contributed by atoms with Gasteiger partial charge < -0.3 is 4.90 Å². The third kappa shape index (κ3) is 4.20. The SMILES string of the molecule is CCN(C(=O)CSc1nc2cc(Cl)ccc2s1)C1CCCCC1. The first-order valence-electron chi connectivity index (χ1n) is 8.15. The number of halogens is 1. The van der Waals surface area contributed by atoms with Crippen LogP contribution < -0.4 is 0 Å². The Hall–Kier alpha value is -0.780. The second-order valence-electron chi connectivity index (χ2n) is 5.85. The summed E-state index contributed by atoms with van der Waals surface area (Å²) < 4.78 is 2.05. The Morgan fingerprint density at radius 3 is 2.91 bits per heavy atom. The van der Waals surface area contributed by atoms with Crippen molar-refractivity contribution in [3.63, 3.8) is 0 Å². The van der Waals surface area contributed by atoms with Crippen molar-refractivity contribution in [1.29, 1.82) is 0 Å². The fourth-order valence-electron chi connectivity index (χ4n) is 3.18. The van der Waals surface area contributed by atoms with E-state index in [0.29, 0.717) is 16.8 Å². The van der Waals surface area contributed by atoms with Gasteiger partial charge in [0.25, 0.3) is 0 Å². The molecule has 1 heterocycles. The first-order valence-corrected chi connectivity index (χ1v) is 10.3. The van der Waals surface area contributed by atoms with Crippen LogP contribution in [0.2, 0.25) is 5.02 Å². The molecule has 0 radical (unpaired) electrons. The Balaban J connectivity index is 1.62.